The third-order valence-corrected chi connectivity index (χ3v) is 3.64. The van der Waals surface area contributed by atoms with E-state index < -0.39 is 0 Å². The quantitative estimate of drug-likeness (QED) is 0.677. The number of aromatic nitrogens is 2. The average Bonchev–Trinajstić information content (AvgIpc) is 2.62. The van der Waals surface area contributed by atoms with Crippen LogP contribution in [-0.2, 0) is 6.54 Å². The molecule has 0 amide bonds. The third-order valence-electron chi connectivity index (χ3n) is 3.64. The molecule has 0 aliphatic rings. The van der Waals surface area contributed by atoms with Crippen molar-refractivity contribution in [3.8, 4) is 0 Å². The largest absolute Gasteiger partial charge is 0.243 e. The molecule has 1 heterocycles. The van der Waals surface area contributed by atoms with Crippen molar-refractivity contribution in [2.24, 2.45) is 11.3 Å². The van der Waals surface area contributed by atoms with Crippen LogP contribution in [0.4, 0.5) is 0 Å². The molecule has 15 heavy (non-hydrogen) atoms. The minimum absolute atomic E-state index is 0.362. The van der Waals surface area contributed by atoms with Gasteiger partial charge in [0.25, 0.3) is 0 Å². The molecular weight excluding hydrogens is 184 g/mol. The van der Waals surface area contributed by atoms with Crippen LogP contribution in [0.2, 0.25) is 0 Å². The standard InChI is InChI=1S/C13H25N2/c1-7-14-8-9-15(10-14)12(3)11(2)13(4,5)6/h8-12H,7H2,1-6H3/q+1. The van der Waals surface area contributed by atoms with Gasteiger partial charge in [-0.05, 0) is 19.3 Å². The summed E-state index contributed by atoms with van der Waals surface area (Å²) < 4.78 is 4.53. The van der Waals surface area contributed by atoms with Crippen molar-refractivity contribution in [1.82, 2.24) is 4.57 Å². The Labute approximate surface area is 93.9 Å². The van der Waals surface area contributed by atoms with Gasteiger partial charge in [0, 0.05) is 5.92 Å². The van der Waals surface area contributed by atoms with Crippen LogP contribution in [0.5, 0.6) is 0 Å². The van der Waals surface area contributed by atoms with Gasteiger partial charge in [-0.2, -0.15) is 0 Å². The van der Waals surface area contributed by atoms with Gasteiger partial charge < -0.3 is 0 Å². The molecule has 0 aliphatic heterocycles. The van der Waals surface area contributed by atoms with Crippen LogP contribution in [0, 0.1) is 11.3 Å². The first-order valence-corrected chi connectivity index (χ1v) is 5.92. The Balaban J connectivity index is 2.80. The van der Waals surface area contributed by atoms with E-state index in [0.29, 0.717) is 17.4 Å². The van der Waals surface area contributed by atoms with Gasteiger partial charge in [0.05, 0.1) is 6.54 Å². The molecule has 1 aromatic rings. The van der Waals surface area contributed by atoms with Crippen LogP contribution in [0.25, 0.3) is 0 Å². The fraction of sp³-hybridized carbons (Fsp3) is 0.769. The highest BCUT2D eigenvalue weighted by Crippen LogP contribution is 2.33. The van der Waals surface area contributed by atoms with Crippen LogP contribution in [-0.4, -0.2) is 4.57 Å². The highest BCUT2D eigenvalue weighted by molar-refractivity contribution is 4.81. The Morgan fingerprint density at radius 2 is 1.87 bits per heavy atom. The molecule has 86 valence electrons. The van der Waals surface area contributed by atoms with E-state index in [1.807, 2.05) is 0 Å². The Kier molecular flexibility index (Phi) is 3.58. The molecule has 0 bridgehead atoms. The lowest BCUT2D eigenvalue weighted by Gasteiger charge is -2.30. The second kappa shape index (κ2) is 4.38. The summed E-state index contributed by atoms with van der Waals surface area (Å²) in [4.78, 5) is 0. The van der Waals surface area contributed by atoms with Crippen molar-refractivity contribution >= 4 is 0 Å². The number of hydrogen-bond acceptors (Lipinski definition) is 0. The van der Waals surface area contributed by atoms with E-state index in [1.165, 1.54) is 0 Å². The zero-order chi connectivity index (χ0) is 11.6. The van der Waals surface area contributed by atoms with Gasteiger partial charge in [-0.3, -0.25) is 0 Å². The smallest absolute Gasteiger partial charge is 0.237 e. The summed E-state index contributed by atoms with van der Waals surface area (Å²) in [6.07, 6.45) is 6.52. The lowest BCUT2D eigenvalue weighted by Crippen LogP contribution is -2.31. The molecule has 2 heteroatoms. The summed E-state index contributed by atoms with van der Waals surface area (Å²) >= 11 is 0. The van der Waals surface area contributed by atoms with Gasteiger partial charge in [0.15, 0.2) is 0 Å². The number of imidazole rings is 1. The molecule has 0 fully saturated rings. The summed E-state index contributed by atoms with van der Waals surface area (Å²) in [5.41, 5.74) is 0.362. The van der Waals surface area contributed by atoms with E-state index in [0.717, 1.165) is 6.54 Å². The maximum Gasteiger partial charge on any atom is 0.243 e. The number of hydrogen-bond donors (Lipinski definition) is 0. The van der Waals surface area contributed by atoms with E-state index in [1.54, 1.807) is 0 Å². The van der Waals surface area contributed by atoms with Crippen molar-refractivity contribution in [1.29, 1.82) is 0 Å². The lowest BCUT2D eigenvalue weighted by atomic mass is 9.78. The van der Waals surface area contributed by atoms with Crippen molar-refractivity contribution in [2.75, 3.05) is 0 Å². The van der Waals surface area contributed by atoms with E-state index >= 15 is 0 Å². The van der Waals surface area contributed by atoms with Crippen LogP contribution in [0.1, 0.15) is 47.6 Å². The summed E-state index contributed by atoms with van der Waals surface area (Å²) in [6.45, 7) is 14.8. The van der Waals surface area contributed by atoms with Gasteiger partial charge >= 0.3 is 0 Å². The Bertz CT molecular complexity index is 307. The van der Waals surface area contributed by atoms with Crippen molar-refractivity contribution < 1.29 is 4.57 Å². The van der Waals surface area contributed by atoms with Crippen LogP contribution >= 0.6 is 0 Å². The first-order valence-electron chi connectivity index (χ1n) is 5.92. The fourth-order valence-electron chi connectivity index (χ4n) is 1.82. The molecule has 1 aromatic heterocycles. The summed E-state index contributed by atoms with van der Waals surface area (Å²) in [7, 11) is 0. The molecular formula is C13H25N2+. The molecule has 2 atom stereocenters. The fourth-order valence-corrected chi connectivity index (χ4v) is 1.82. The average molecular weight is 209 g/mol. The molecule has 0 aliphatic carbocycles. The minimum Gasteiger partial charge on any atom is -0.237 e. The second-order valence-corrected chi connectivity index (χ2v) is 5.59. The van der Waals surface area contributed by atoms with E-state index in [4.69, 9.17) is 0 Å². The van der Waals surface area contributed by atoms with Crippen LogP contribution in [0.15, 0.2) is 18.7 Å². The minimum atomic E-state index is 0.362. The van der Waals surface area contributed by atoms with Crippen molar-refractivity contribution in [3.63, 3.8) is 0 Å². The summed E-state index contributed by atoms with van der Waals surface area (Å²) in [6, 6.07) is 0.554. The lowest BCUT2D eigenvalue weighted by molar-refractivity contribution is -0.693. The van der Waals surface area contributed by atoms with Gasteiger partial charge in [0.1, 0.15) is 18.4 Å². The predicted molar refractivity (Wildman–Crippen MR) is 63.6 cm³/mol. The first-order chi connectivity index (χ1) is 6.86. The van der Waals surface area contributed by atoms with Crippen molar-refractivity contribution in [3.05, 3.63) is 18.7 Å². The maximum atomic E-state index is 2.33. The third kappa shape index (κ3) is 2.83. The molecule has 0 saturated heterocycles. The molecule has 0 radical (unpaired) electrons. The second-order valence-electron chi connectivity index (χ2n) is 5.59. The summed E-state index contributed by atoms with van der Waals surface area (Å²) in [5, 5.41) is 0. The van der Waals surface area contributed by atoms with E-state index in [9.17, 15) is 0 Å². The Hall–Kier alpha value is -0.790. The van der Waals surface area contributed by atoms with Crippen LogP contribution in [0.3, 0.4) is 0 Å². The molecule has 2 unspecified atom stereocenters. The van der Waals surface area contributed by atoms with Gasteiger partial charge in [-0.15, -0.1) is 0 Å². The van der Waals surface area contributed by atoms with Gasteiger partial charge in [-0.25, -0.2) is 9.13 Å². The van der Waals surface area contributed by atoms with Crippen LogP contribution < -0.4 is 4.57 Å². The first kappa shape index (κ1) is 12.3. The highest BCUT2D eigenvalue weighted by Gasteiger charge is 2.29. The Morgan fingerprint density at radius 3 is 2.27 bits per heavy atom. The van der Waals surface area contributed by atoms with Gasteiger partial charge in [0.2, 0.25) is 6.33 Å². The van der Waals surface area contributed by atoms with Gasteiger partial charge in [-0.1, -0.05) is 27.7 Å². The monoisotopic (exact) mass is 209 g/mol. The molecule has 0 saturated carbocycles. The Morgan fingerprint density at radius 1 is 1.27 bits per heavy atom. The molecule has 0 aromatic carbocycles. The molecule has 2 nitrogen and oxygen atoms in total. The SMILES string of the molecule is CC[n+]1ccn(C(C)C(C)C(C)(C)C)c1. The van der Waals surface area contributed by atoms with E-state index in [-0.39, 0.29) is 0 Å². The van der Waals surface area contributed by atoms with E-state index in [2.05, 4.69) is 69.4 Å². The normalized spacial score (nSPS) is 16.4. The summed E-state index contributed by atoms with van der Waals surface area (Å²) in [5.74, 6) is 0.662. The topological polar surface area (TPSA) is 8.81 Å². The number of rotatable bonds is 3. The van der Waals surface area contributed by atoms with Crippen molar-refractivity contribution in [2.45, 2.75) is 54.1 Å². The predicted octanol–water partition coefficient (Wildman–Crippen LogP) is 3.04. The molecule has 0 N–H and O–H groups in total. The molecule has 1 rings (SSSR count). The number of nitrogens with zero attached hydrogens (tertiary/aromatic N) is 2. The number of aryl methyl sites for hydroxylation is 1. The molecule has 0 spiro atoms. The highest BCUT2D eigenvalue weighted by atomic mass is 15.1. The maximum absolute atomic E-state index is 2.33. The zero-order valence-corrected chi connectivity index (χ0v) is 11.0. The zero-order valence-electron chi connectivity index (χ0n) is 11.0.